The first-order valence-corrected chi connectivity index (χ1v) is 9.21. The number of aryl methyl sites for hydroxylation is 2. The highest BCUT2D eigenvalue weighted by molar-refractivity contribution is 6.32. The number of nitrogens with one attached hydrogen (secondary N) is 1. The van der Waals surface area contributed by atoms with Crippen molar-refractivity contribution in [2.24, 2.45) is 0 Å². The lowest BCUT2D eigenvalue weighted by Crippen LogP contribution is -2.22. The van der Waals surface area contributed by atoms with Gasteiger partial charge in [-0.25, -0.2) is 0 Å². The number of furan rings is 1. The Morgan fingerprint density at radius 3 is 2.83 bits per heavy atom. The largest absolute Gasteiger partial charge is 0.484 e. The Kier molecular flexibility index (Phi) is 6.18. The Morgan fingerprint density at radius 1 is 1.38 bits per heavy atom. The lowest BCUT2D eigenvalue weighted by molar-refractivity contribution is -0.384. The number of rotatable bonds is 8. The fourth-order valence-corrected chi connectivity index (χ4v) is 2.83. The predicted molar refractivity (Wildman–Crippen MR) is 105 cm³/mol. The molecule has 2 aromatic heterocycles. The maximum absolute atomic E-state index is 12.3. The number of hydrogen-bond donors (Lipinski definition) is 1. The molecule has 0 aliphatic heterocycles. The number of hydrogen-bond acceptors (Lipinski definition) is 6. The van der Waals surface area contributed by atoms with Gasteiger partial charge in [0, 0.05) is 37.0 Å². The van der Waals surface area contributed by atoms with E-state index in [0.717, 1.165) is 17.8 Å². The Labute approximate surface area is 171 Å². The number of nitro benzene ring substituents is 1. The fourth-order valence-electron chi connectivity index (χ4n) is 2.60. The van der Waals surface area contributed by atoms with Gasteiger partial charge in [-0.2, -0.15) is 5.10 Å². The van der Waals surface area contributed by atoms with Crippen LogP contribution in [0.15, 0.2) is 40.9 Å². The van der Waals surface area contributed by atoms with E-state index in [9.17, 15) is 14.9 Å². The third kappa shape index (κ3) is 4.94. The highest BCUT2D eigenvalue weighted by Crippen LogP contribution is 2.29. The summed E-state index contributed by atoms with van der Waals surface area (Å²) in [6.45, 7) is 5.00. The van der Waals surface area contributed by atoms with Crippen molar-refractivity contribution in [2.45, 2.75) is 33.5 Å². The average molecular weight is 419 g/mol. The molecule has 3 rings (SSSR count). The number of benzene rings is 1. The van der Waals surface area contributed by atoms with Gasteiger partial charge in [-0.1, -0.05) is 11.6 Å². The lowest BCUT2D eigenvalue weighted by Gasteiger charge is -2.06. The molecular formula is C19H19ClN4O5. The number of ether oxygens (including phenoxy) is 1. The SMILES string of the molecule is CCn1cc(CNC(=O)c2ccc(COc3ccc([N+](=O)[O-])cc3Cl)o2)c(C)n1. The van der Waals surface area contributed by atoms with E-state index in [1.54, 1.807) is 12.1 Å². The minimum Gasteiger partial charge on any atom is -0.484 e. The van der Waals surface area contributed by atoms with Crippen molar-refractivity contribution in [3.8, 4) is 5.75 Å². The molecule has 10 heteroatoms. The highest BCUT2D eigenvalue weighted by atomic mass is 35.5. The van der Waals surface area contributed by atoms with Crippen LogP contribution in [0.25, 0.3) is 0 Å². The molecule has 0 atom stereocenters. The van der Waals surface area contributed by atoms with E-state index >= 15 is 0 Å². The molecule has 2 heterocycles. The molecule has 29 heavy (non-hydrogen) atoms. The van der Waals surface area contributed by atoms with Gasteiger partial charge in [-0.05, 0) is 32.0 Å². The molecule has 1 aromatic carbocycles. The molecule has 0 saturated heterocycles. The van der Waals surface area contributed by atoms with Crippen LogP contribution >= 0.6 is 11.6 Å². The first-order valence-electron chi connectivity index (χ1n) is 8.84. The van der Waals surface area contributed by atoms with E-state index in [4.69, 9.17) is 20.8 Å². The topological polar surface area (TPSA) is 112 Å². The summed E-state index contributed by atoms with van der Waals surface area (Å²) in [4.78, 5) is 22.5. The van der Waals surface area contributed by atoms with E-state index in [0.29, 0.717) is 12.3 Å². The molecule has 152 valence electrons. The van der Waals surface area contributed by atoms with E-state index in [1.165, 1.54) is 18.2 Å². The Balaban J connectivity index is 1.56. The summed E-state index contributed by atoms with van der Waals surface area (Å²) >= 11 is 5.99. The van der Waals surface area contributed by atoms with Gasteiger partial charge >= 0.3 is 0 Å². The number of carbonyl (C=O) groups excluding carboxylic acids is 1. The minimum atomic E-state index is -0.540. The maximum atomic E-state index is 12.3. The third-order valence-electron chi connectivity index (χ3n) is 4.19. The van der Waals surface area contributed by atoms with Crippen molar-refractivity contribution in [3.05, 3.63) is 74.4 Å². The van der Waals surface area contributed by atoms with Crippen molar-refractivity contribution < 1.29 is 18.9 Å². The molecule has 0 radical (unpaired) electrons. The maximum Gasteiger partial charge on any atom is 0.287 e. The third-order valence-corrected chi connectivity index (χ3v) is 4.49. The van der Waals surface area contributed by atoms with Crippen LogP contribution in [0.2, 0.25) is 5.02 Å². The summed E-state index contributed by atoms with van der Waals surface area (Å²) in [5, 5.41) is 18.0. The van der Waals surface area contributed by atoms with Gasteiger partial charge in [0.05, 0.1) is 15.6 Å². The molecule has 0 aliphatic rings. The zero-order valence-corrected chi connectivity index (χ0v) is 16.6. The monoisotopic (exact) mass is 418 g/mol. The van der Waals surface area contributed by atoms with Gasteiger partial charge in [0.15, 0.2) is 5.76 Å². The van der Waals surface area contributed by atoms with Gasteiger partial charge < -0.3 is 14.5 Å². The van der Waals surface area contributed by atoms with Crippen LogP contribution in [0.1, 0.15) is 34.5 Å². The number of nitrogens with zero attached hydrogens (tertiary/aromatic N) is 3. The number of nitro groups is 1. The molecule has 0 fully saturated rings. The molecule has 1 N–H and O–H groups in total. The predicted octanol–water partition coefficient (Wildman–Crippen LogP) is 3.88. The summed E-state index contributed by atoms with van der Waals surface area (Å²) in [7, 11) is 0. The van der Waals surface area contributed by atoms with Crippen LogP contribution in [0.3, 0.4) is 0 Å². The molecule has 0 saturated carbocycles. The fraction of sp³-hybridized carbons (Fsp3) is 0.263. The molecule has 0 unspecified atom stereocenters. The summed E-state index contributed by atoms with van der Waals surface area (Å²) in [6, 6.07) is 7.09. The van der Waals surface area contributed by atoms with Gasteiger partial charge in [-0.15, -0.1) is 0 Å². The van der Waals surface area contributed by atoms with Crippen molar-refractivity contribution >= 4 is 23.2 Å². The minimum absolute atomic E-state index is 0.0210. The average Bonchev–Trinajstić information content (AvgIpc) is 3.31. The van der Waals surface area contributed by atoms with Crippen LogP contribution in [0.4, 0.5) is 5.69 Å². The Morgan fingerprint density at radius 2 is 2.17 bits per heavy atom. The second-order valence-electron chi connectivity index (χ2n) is 6.20. The molecule has 1 amide bonds. The summed E-state index contributed by atoms with van der Waals surface area (Å²) in [5.74, 6) is 0.495. The summed E-state index contributed by atoms with van der Waals surface area (Å²) in [6.07, 6.45) is 1.89. The van der Waals surface area contributed by atoms with Crippen LogP contribution in [-0.4, -0.2) is 20.6 Å². The number of halogens is 1. The van der Waals surface area contributed by atoms with Gasteiger partial charge in [0.2, 0.25) is 0 Å². The second kappa shape index (κ2) is 8.78. The van der Waals surface area contributed by atoms with Crippen LogP contribution in [0, 0.1) is 17.0 Å². The molecule has 0 aliphatic carbocycles. The summed E-state index contributed by atoms with van der Waals surface area (Å²) in [5.41, 5.74) is 1.67. The first kappa shape index (κ1) is 20.4. The number of non-ortho nitro benzene ring substituents is 1. The normalized spacial score (nSPS) is 10.7. The van der Waals surface area contributed by atoms with Crippen LogP contribution < -0.4 is 10.1 Å². The molecule has 0 spiro atoms. The van der Waals surface area contributed by atoms with Gasteiger partial charge in [0.1, 0.15) is 18.1 Å². The van der Waals surface area contributed by atoms with E-state index in [-0.39, 0.29) is 34.7 Å². The molecule has 3 aromatic rings. The standard InChI is InChI=1S/C19H19ClN4O5/c1-3-23-10-13(12(2)22-23)9-21-19(25)18-7-5-15(29-18)11-28-17-6-4-14(24(26)27)8-16(17)20/h4-8,10H,3,9,11H2,1-2H3,(H,21,25). The molecule has 0 bridgehead atoms. The quantitative estimate of drug-likeness (QED) is 0.439. The Bertz CT molecular complexity index is 1040. The van der Waals surface area contributed by atoms with Crippen molar-refractivity contribution in [1.82, 2.24) is 15.1 Å². The van der Waals surface area contributed by atoms with Gasteiger partial charge in [0.25, 0.3) is 11.6 Å². The molecule has 9 nitrogen and oxygen atoms in total. The number of amides is 1. The lowest BCUT2D eigenvalue weighted by atomic mass is 10.2. The Hall–Kier alpha value is -3.33. The first-order chi connectivity index (χ1) is 13.9. The molecular weight excluding hydrogens is 400 g/mol. The van der Waals surface area contributed by atoms with Gasteiger partial charge in [-0.3, -0.25) is 19.6 Å². The zero-order valence-electron chi connectivity index (χ0n) is 15.8. The zero-order chi connectivity index (χ0) is 21.0. The van der Waals surface area contributed by atoms with E-state index in [1.807, 2.05) is 24.7 Å². The van der Waals surface area contributed by atoms with Crippen molar-refractivity contribution in [2.75, 3.05) is 0 Å². The van der Waals surface area contributed by atoms with E-state index in [2.05, 4.69) is 10.4 Å². The van der Waals surface area contributed by atoms with Crippen molar-refractivity contribution in [1.29, 1.82) is 0 Å². The number of carbonyl (C=O) groups is 1. The number of aromatic nitrogens is 2. The van der Waals surface area contributed by atoms with E-state index < -0.39 is 4.92 Å². The van der Waals surface area contributed by atoms with Crippen LogP contribution in [0.5, 0.6) is 5.75 Å². The summed E-state index contributed by atoms with van der Waals surface area (Å²) < 4.78 is 12.8. The smallest absolute Gasteiger partial charge is 0.287 e. The van der Waals surface area contributed by atoms with Crippen LogP contribution in [-0.2, 0) is 19.7 Å². The second-order valence-corrected chi connectivity index (χ2v) is 6.61. The highest BCUT2D eigenvalue weighted by Gasteiger charge is 2.14. The van der Waals surface area contributed by atoms with Crippen molar-refractivity contribution in [3.63, 3.8) is 0 Å².